The third-order valence-corrected chi connectivity index (χ3v) is 2.40. The van der Waals surface area contributed by atoms with E-state index in [4.69, 9.17) is 5.26 Å². The van der Waals surface area contributed by atoms with E-state index in [1.54, 1.807) is 0 Å². The number of para-hydroxylation sites is 1. The van der Waals surface area contributed by atoms with E-state index in [-0.39, 0.29) is 5.41 Å². The van der Waals surface area contributed by atoms with Crippen LogP contribution in [0.4, 0.5) is 5.69 Å². The predicted octanol–water partition coefficient (Wildman–Crippen LogP) is 1.89. The highest BCUT2D eigenvalue weighted by atomic mass is 14.9. The molecule has 60 valence electrons. The summed E-state index contributed by atoms with van der Waals surface area (Å²) in [4.78, 5) is 0. The van der Waals surface area contributed by atoms with Crippen LogP contribution in [0, 0.1) is 11.3 Å². The van der Waals surface area contributed by atoms with Crippen molar-refractivity contribution in [2.75, 3.05) is 11.9 Å². The molecule has 1 aliphatic rings. The molecule has 1 aromatic rings. The van der Waals surface area contributed by atoms with Crippen LogP contribution < -0.4 is 5.32 Å². The lowest BCUT2D eigenvalue weighted by molar-refractivity contribution is 0.680. The second kappa shape index (κ2) is 2.25. The topological polar surface area (TPSA) is 35.8 Å². The number of anilines is 1. The zero-order valence-corrected chi connectivity index (χ0v) is 6.96. The van der Waals surface area contributed by atoms with Crippen molar-refractivity contribution in [2.45, 2.75) is 12.3 Å². The zero-order chi connectivity index (χ0) is 8.60. The standard InChI is InChI=1S/C10H10N2/c1-10(6-11)7-12-9-5-3-2-4-8(9)10/h2-5,12H,7H2,1H3. The largest absolute Gasteiger partial charge is 0.383 e. The van der Waals surface area contributed by atoms with Crippen LogP contribution in [0.15, 0.2) is 24.3 Å². The van der Waals surface area contributed by atoms with Crippen molar-refractivity contribution in [2.24, 2.45) is 0 Å². The van der Waals surface area contributed by atoms with Gasteiger partial charge in [0, 0.05) is 12.2 Å². The maximum absolute atomic E-state index is 8.98. The van der Waals surface area contributed by atoms with Crippen molar-refractivity contribution in [1.82, 2.24) is 0 Å². The normalized spacial score (nSPS) is 25.7. The first-order valence-electron chi connectivity index (χ1n) is 4.01. The third kappa shape index (κ3) is 0.799. The summed E-state index contributed by atoms with van der Waals surface area (Å²) >= 11 is 0. The van der Waals surface area contributed by atoms with Gasteiger partial charge in [0.1, 0.15) is 0 Å². The van der Waals surface area contributed by atoms with Crippen molar-refractivity contribution in [1.29, 1.82) is 5.26 Å². The molecular weight excluding hydrogens is 148 g/mol. The average Bonchev–Trinajstić information content (AvgIpc) is 2.46. The number of nitriles is 1. The fraction of sp³-hybridized carbons (Fsp3) is 0.300. The first-order valence-corrected chi connectivity index (χ1v) is 4.01. The Balaban J connectivity index is 2.58. The van der Waals surface area contributed by atoms with Gasteiger partial charge in [0.2, 0.25) is 0 Å². The number of nitrogens with zero attached hydrogens (tertiary/aromatic N) is 1. The van der Waals surface area contributed by atoms with Crippen LogP contribution in [0.3, 0.4) is 0 Å². The summed E-state index contributed by atoms with van der Waals surface area (Å²) in [7, 11) is 0. The van der Waals surface area contributed by atoms with Crippen LogP contribution >= 0.6 is 0 Å². The van der Waals surface area contributed by atoms with E-state index in [2.05, 4.69) is 11.4 Å². The molecule has 2 heteroatoms. The van der Waals surface area contributed by atoms with Crippen molar-refractivity contribution >= 4 is 5.69 Å². The Morgan fingerprint density at radius 3 is 3.00 bits per heavy atom. The van der Waals surface area contributed by atoms with Crippen molar-refractivity contribution in [3.8, 4) is 6.07 Å². The first-order chi connectivity index (χ1) is 5.76. The molecular formula is C10H10N2. The first kappa shape index (κ1) is 7.17. The van der Waals surface area contributed by atoms with E-state index in [0.29, 0.717) is 0 Å². The van der Waals surface area contributed by atoms with Crippen molar-refractivity contribution in [3.05, 3.63) is 29.8 Å². The maximum atomic E-state index is 8.98. The molecule has 0 amide bonds. The van der Waals surface area contributed by atoms with E-state index in [0.717, 1.165) is 17.8 Å². The van der Waals surface area contributed by atoms with Gasteiger partial charge in [-0.05, 0) is 18.6 Å². The number of benzene rings is 1. The van der Waals surface area contributed by atoms with Crippen LogP contribution in [0.5, 0.6) is 0 Å². The summed E-state index contributed by atoms with van der Waals surface area (Å²) in [5.74, 6) is 0. The Hall–Kier alpha value is -1.49. The number of fused-ring (bicyclic) bond motifs is 1. The molecule has 0 aromatic heterocycles. The Kier molecular flexibility index (Phi) is 1.34. The van der Waals surface area contributed by atoms with Gasteiger partial charge in [-0.25, -0.2) is 0 Å². The smallest absolute Gasteiger partial charge is 0.0985 e. The molecule has 1 atom stereocenters. The van der Waals surface area contributed by atoms with Gasteiger partial charge < -0.3 is 5.32 Å². The SMILES string of the molecule is CC1(C#N)CNc2ccccc21. The van der Waals surface area contributed by atoms with Gasteiger partial charge >= 0.3 is 0 Å². The average molecular weight is 158 g/mol. The molecule has 0 bridgehead atoms. The summed E-state index contributed by atoms with van der Waals surface area (Å²) in [6, 6.07) is 10.3. The van der Waals surface area contributed by atoms with Gasteiger partial charge in [-0.1, -0.05) is 18.2 Å². The lowest BCUT2D eigenvalue weighted by Gasteiger charge is -2.12. The van der Waals surface area contributed by atoms with E-state index in [1.807, 2.05) is 31.2 Å². The molecule has 1 N–H and O–H groups in total. The molecule has 0 fully saturated rings. The van der Waals surface area contributed by atoms with Gasteiger partial charge in [-0.2, -0.15) is 5.26 Å². The molecule has 0 spiro atoms. The van der Waals surface area contributed by atoms with Crippen LogP contribution in [0.25, 0.3) is 0 Å². The Morgan fingerprint density at radius 1 is 1.50 bits per heavy atom. The maximum Gasteiger partial charge on any atom is 0.0985 e. The molecule has 1 unspecified atom stereocenters. The van der Waals surface area contributed by atoms with Gasteiger partial charge in [-0.3, -0.25) is 0 Å². The minimum absolute atomic E-state index is 0.337. The highest BCUT2D eigenvalue weighted by Gasteiger charge is 2.33. The Morgan fingerprint density at radius 2 is 2.25 bits per heavy atom. The quantitative estimate of drug-likeness (QED) is 0.625. The molecule has 2 nitrogen and oxygen atoms in total. The van der Waals surface area contributed by atoms with Crippen LogP contribution in [-0.2, 0) is 5.41 Å². The van der Waals surface area contributed by atoms with Crippen LogP contribution in [0.2, 0.25) is 0 Å². The van der Waals surface area contributed by atoms with Gasteiger partial charge in [-0.15, -0.1) is 0 Å². The van der Waals surface area contributed by atoms with Crippen LogP contribution in [0.1, 0.15) is 12.5 Å². The van der Waals surface area contributed by atoms with E-state index in [9.17, 15) is 0 Å². The van der Waals surface area contributed by atoms with Crippen molar-refractivity contribution in [3.63, 3.8) is 0 Å². The fourth-order valence-corrected chi connectivity index (χ4v) is 1.59. The summed E-state index contributed by atoms with van der Waals surface area (Å²) in [6.07, 6.45) is 0. The van der Waals surface area contributed by atoms with E-state index < -0.39 is 0 Å². The number of rotatable bonds is 0. The molecule has 12 heavy (non-hydrogen) atoms. The zero-order valence-electron chi connectivity index (χ0n) is 6.96. The summed E-state index contributed by atoms with van der Waals surface area (Å²) in [6.45, 7) is 2.69. The highest BCUT2D eigenvalue weighted by molar-refractivity contribution is 5.62. The summed E-state index contributed by atoms with van der Waals surface area (Å²) in [5, 5.41) is 12.2. The summed E-state index contributed by atoms with van der Waals surface area (Å²) < 4.78 is 0. The number of hydrogen-bond acceptors (Lipinski definition) is 2. The minimum Gasteiger partial charge on any atom is -0.383 e. The second-order valence-electron chi connectivity index (χ2n) is 3.34. The minimum atomic E-state index is -0.337. The Bertz CT molecular complexity index is 351. The highest BCUT2D eigenvalue weighted by Crippen LogP contribution is 2.35. The molecule has 2 rings (SSSR count). The lowest BCUT2D eigenvalue weighted by atomic mass is 9.86. The van der Waals surface area contributed by atoms with Crippen molar-refractivity contribution < 1.29 is 0 Å². The molecule has 0 radical (unpaired) electrons. The van der Waals surface area contributed by atoms with Gasteiger partial charge in [0.05, 0.1) is 11.5 Å². The summed E-state index contributed by atoms with van der Waals surface area (Å²) in [5.41, 5.74) is 1.88. The van der Waals surface area contributed by atoms with E-state index in [1.165, 1.54) is 0 Å². The predicted molar refractivity (Wildman–Crippen MR) is 47.9 cm³/mol. The molecule has 0 saturated carbocycles. The molecule has 1 aromatic carbocycles. The second-order valence-corrected chi connectivity index (χ2v) is 3.34. The monoisotopic (exact) mass is 158 g/mol. The molecule has 1 aliphatic heterocycles. The lowest BCUT2D eigenvalue weighted by Crippen LogP contribution is -2.21. The van der Waals surface area contributed by atoms with Gasteiger partial charge in [0.25, 0.3) is 0 Å². The molecule has 0 saturated heterocycles. The molecule has 1 heterocycles. The number of nitrogens with one attached hydrogen (secondary N) is 1. The number of hydrogen-bond donors (Lipinski definition) is 1. The third-order valence-electron chi connectivity index (χ3n) is 2.40. The molecule has 0 aliphatic carbocycles. The van der Waals surface area contributed by atoms with Crippen LogP contribution in [-0.4, -0.2) is 6.54 Å². The fourth-order valence-electron chi connectivity index (χ4n) is 1.59. The van der Waals surface area contributed by atoms with Gasteiger partial charge in [0.15, 0.2) is 0 Å². The Labute approximate surface area is 71.8 Å². The van der Waals surface area contributed by atoms with E-state index >= 15 is 0 Å².